The number of hydrogen-bond acceptors (Lipinski definition) is 3. The van der Waals surface area contributed by atoms with Crippen molar-refractivity contribution in [2.75, 3.05) is 12.4 Å². The van der Waals surface area contributed by atoms with Crippen LogP contribution in [0.5, 0.6) is 0 Å². The third kappa shape index (κ3) is 2.76. The molecule has 5 heteroatoms. The molecule has 0 aliphatic heterocycles. The van der Waals surface area contributed by atoms with Gasteiger partial charge < -0.3 is 5.32 Å². The van der Waals surface area contributed by atoms with Gasteiger partial charge in [0.2, 0.25) is 0 Å². The highest BCUT2D eigenvalue weighted by molar-refractivity contribution is 14.1. The lowest BCUT2D eigenvalue weighted by atomic mass is 10.2. The first-order chi connectivity index (χ1) is 9.19. The van der Waals surface area contributed by atoms with E-state index in [-0.39, 0.29) is 0 Å². The van der Waals surface area contributed by atoms with Gasteiger partial charge in [0.25, 0.3) is 0 Å². The molecule has 0 bridgehead atoms. The van der Waals surface area contributed by atoms with Gasteiger partial charge in [-0.25, -0.2) is 9.97 Å². The summed E-state index contributed by atoms with van der Waals surface area (Å²) in [5.41, 5.74) is 2.24. The molecule has 0 atom stereocenters. The van der Waals surface area contributed by atoms with E-state index >= 15 is 0 Å². The number of anilines is 1. The summed E-state index contributed by atoms with van der Waals surface area (Å²) in [7, 11) is 1.91. The van der Waals surface area contributed by atoms with Crippen LogP contribution in [0.25, 0.3) is 11.4 Å². The molecule has 1 aromatic heterocycles. The van der Waals surface area contributed by atoms with E-state index in [1.54, 1.807) is 0 Å². The fourth-order valence-corrected chi connectivity index (χ4v) is 3.36. The van der Waals surface area contributed by atoms with E-state index in [4.69, 9.17) is 4.98 Å². The SMILES string of the molecule is CNc1nc(-c2cccc(Br)c2)nc(C2CC2)c1I. The van der Waals surface area contributed by atoms with Crippen LogP contribution >= 0.6 is 38.5 Å². The van der Waals surface area contributed by atoms with Crippen molar-refractivity contribution in [2.24, 2.45) is 0 Å². The van der Waals surface area contributed by atoms with Gasteiger partial charge >= 0.3 is 0 Å². The Labute approximate surface area is 134 Å². The first-order valence-corrected chi connectivity index (χ1v) is 8.07. The van der Waals surface area contributed by atoms with Crippen molar-refractivity contribution < 1.29 is 0 Å². The normalized spacial score (nSPS) is 14.5. The van der Waals surface area contributed by atoms with Gasteiger partial charge in [-0.2, -0.15) is 0 Å². The van der Waals surface area contributed by atoms with Gasteiger partial charge in [0.1, 0.15) is 5.82 Å². The summed E-state index contributed by atoms with van der Waals surface area (Å²) in [6.45, 7) is 0. The minimum atomic E-state index is 0.618. The van der Waals surface area contributed by atoms with Crippen LogP contribution in [-0.4, -0.2) is 17.0 Å². The number of nitrogens with one attached hydrogen (secondary N) is 1. The second-order valence-corrected chi connectivity index (χ2v) is 6.62. The summed E-state index contributed by atoms with van der Waals surface area (Å²) in [5, 5.41) is 3.17. The molecule has 1 aliphatic carbocycles. The number of halogens is 2. The topological polar surface area (TPSA) is 37.8 Å². The summed E-state index contributed by atoms with van der Waals surface area (Å²) < 4.78 is 2.20. The van der Waals surface area contributed by atoms with E-state index in [2.05, 4.69) is 54.9 Å². The quantitative estimate of drug-likeness (QED) is 0.733. The van der Waals surface area contributed by atoms with Crippen LogP contribution in [0, 0.1) is 3.57 Å². The lowest BCUT2D eigenvalue weighted by molar-refractivity contribution is 0.979. The standard InChI is InChI=1S/C14H13BrIN3/c1-17-14-11(16)12(8-5-6-8)18-13(19-14)9-3-2-4-10(15)7-9/h2-4,7-8H,5-6H2,1H3,(H,17,18,19). The first-order valence-electron chi connectivity index (χ1n) is 6.20. The van der Waals surface area contributed by atoms with E-state index < -0.39 is 0 Å². The van der Waals surface area contributed by atoms with E-state index in [1.165, 1.54) is 18.5 Å². The van der Waals surface area contributed by atoms with E-state index in [0.29, 0.717) is 5.92 Å². The molecule has 1 aliphatic rings. The van der Waals surface area contributed by atoms with Crippen LogP contribution in [0.2, 0.25) is 0 Å². The van der Waals surface area contributed by atoms with Crippen molar-refractivity contribution in [3.63, 3.8) is 0 Å². The average Bonchev–Trinajstić information content (AvgIpc) is 3.23. The zero-order chi connectivity index (χ0) is 13.4. The summed E-state index contributed by atoms with van der Waals surface area (Å²) >= 11 is 5.84. The molecule has 3 nitrogen and oxygen atoms in total. The van der Waals surface area contributed by atoms with Crippen molar-refractivity contribution >= 4 is 44.3 Å². The molecule has 0 amide bonds. The zero-order valence-electron chi connectivity index (χ0n) is 10.5. The Bertz CT molecular complexity index is 626. The van der Waals surface area contributed by atoms with Crippen molar-refractivity contribution in [1.29, 1.82) is 0 Å². The lowest BCUT2D eigenvalue weighted by Gasteiger charge is -2.11. The highest BCUT2D eigenvalue weighted by Crippen LogP contribution is 2.42. The molecule has 3 rings (SSSR count). The second kappa shape index (κ2) is 5.36. The van der Waals surface area contributed by atoms with Gasteiger partial charge in [-0.1, -0.05) is 28.1 Å². The molecule has 1 saturated carbocycles. The smallest absolute Gasteiger partial charge is 0.161 e. The van der Waals surface area contributed by atoms with Gasteiger partial charge in [-0.15, -0.1) is 0 Å². The highest BCUT2D eigenvalue weighted by atomic mass is 127. The predicted molar refractivity (Wildman–Crippen MR) is 89.4 cm³/mol. The Morgan fingerprint density at radius 1 is 1.32 bits per heavy atom. The largest absolute Gasteiger partial charge is 0.372 e. The number of rotatable bonds is 3. The van der Waals surface area contributed by atoms with Crippen molar-refractivity contribution in [3.8, 4) is 11.4 Å². The maximum atomic E-state index is 4.77. The Balaban J connectivity index is 2.13. The second-order valence-electron chi connectivity index (χ2n) is 4.63. The van der Waals surface area contributed by atoms with Gasteiger partial charge in [-0.3, -0.25) is 0 Å². The molecule has 98 valence electrons. The lowest BCUT2D eigenvalue weighted by Crippen LogP contribution is -2.04. The Morgan fingerprint density at radius 2 is 2.11 bits per heavy atom. The van der Waals surface area contributed by atoms with Crippen LogP contribution in [-0.2, 0) is 0 Å². The molecule has 0 spiro atoms. The van der Waals surface area contributed by atoms with Crippen LogP contribution in [0.15, 0.2) is 28.7 Å². The summed E-state index contributed by atoms with van der Waals surface area (Å²) in [6.07, 6.45) is 2.49. The van der Waals surface area contributed by atoms with Crippen LogP contribution in [0.1, 0.15) is 24.5 Å². The van der Waals surface area contributed by atoms with Gasteiger partial charge in [0.15, 0.2) is 5.82 Å². The fraction of sp³-hybridized carbons (Fsp3) is 0.286. The fourth-order valence-electron chi connectivity index (χ4n) is 2.01. The molecule has 0 radical (unpaired) electrons. The zero-order valence-corrected chi connectivity index (χ0v) is 14.2. The Hall–Kier alpha value is -0.690. The first kappa shape index (κ1) is 13.3. The number of hydrogen-bond donors (Lipinski definition) is 1. The highest BCUT2D eigenvalue weighted by Gasteiger charge is 2.29. The Kier molecular flexibility index (Phi) is 3.75. The minimum Gasteiger partial charge on any atom is -0.372 e. The van der Waals surface area contributed by atoms with Gasteiger partial charge in [0, 0.05) is 23.0 Å². The number of benzene rings is 1. The predicted octanol–water partition coefficient (Wildman–Crippen LogP) is 4.43. The van der Waals surface area contributed by atoms with Crippen LogP contribution < -0.4 is 5.32 Å². The van der Waals surface area contributed by atoms with E-state index in [0.717, 1.165) is 25.2 Å². The molecule has 19 heavy (non-hydrogen) atoms. The van der Waals surface area contributed by atoms with E-state index in [1.807, 2.05) is 25.2 Å². The summed E-state index contributed by atoms with van der Waals surface area (Å²) in [6, 6.07) is 8.12. The maximum Gasteiger partial charge on any atom is 0.161 e. The molecule has 0 saturated heterocycles. The molecule has 1 heterocycles. The molecule has 1 N–H and O–H groups in total. The summed E-state index contributed by atoms with van der Waals surface area (Å²) in [5.74, 6) is 2.34. The monoisotopic (exact) mass is 429 g/mol. The maximum absolute atomic E-state index is 4.77. The van der Waals surface area contributed by atoms with Crippen LogP contribution in [0.3, 0.4) is 0 Å². The van der Waals surface area contributed by atoms with Crippen molar-refractivity contribution in [2.45, 2.75) is 18.8 Å². The summed E-state index contributed by atoms with van der Waals surface area (Å²) in [4.78, 5) is 9.40. The van der Waals surface area contributed by atoms with E-state index in [9.17, 15) is 0 Å². The van der Waals surface area contributed by atoms with Gasteiger partial charge in [0.05, 0.1) is 9.26 Å². The molecular weight excluding hydrogens is 417 g/mol. The van der Waals surface area contributed by atoms with Crippen LogP contribution in [0.4, 0.5) is 5.82 Å². The molecular formula is C14H13BrIN3. The van der Waals surface area contributed by atoms with Crippen molar-refractivity contribution in [3.05, 3.63) is 38.0 Å². The number of nitrogens with zero attached hydrogens (tertiary/aromatic N) is 2. The molecule has 1 fully saturated rings. The Morgan fingerprint density at radius 3 is 2.74 bits per heavy atom. The van der Waals surface area contributed by atoms with Gasteiger partial charge in [-0.05, 0) is 47.6 Å². The molecule has 0 unspecified atom stereocenters. The number of aromatic nitrogens is 2. The molecule has 2 aromatic rings. The third-order valence-electron chi connectivity index (χ3n) is 3.16. The average molecular weight is 430 g/mol. The molecule has 1 aromatic carbocycles. The third-order valence-corrected chi connectivity index (χ3v) is 4.72. The van der Waals surface area contributed by atoms with Crippen molar-refractivity contribution in [1.82, 2.24) is 9.97 Å². The minimum absolute atomic E-state index is 0.618.